The van der Waals surface area contributed by atoms with Gasteiger partial charge in [-0.1, -0.05) is 38.1 Å². The molecule has 0 radical (unpaired) electrons. The number of piperidine rings is 1. The van der Waals surface area contributed by atoms with E-state index in [1.165, 1.54) is 37.1 Å². The fourth-order valence-corrected chi connectivity index (χ4v) is 3.03. The summed E-state index contributed by atoms with van der Waals surface area (Å²) in [6, 6.07) is 9.36. The van der Waals surface area contributed by atoms with Crippen LogP contribution in [0, 0.1) is 5.92 Å². The topological polar surface area (TPSA) is 39.7 Å². The standard InChI is InChI=1S/C20H34N4.HI/c1-5-17(3)23-20(21-4)22-14-18-7-6-8-19(13-18)15-24-11-9-16(2)10-12-24;/h6-8,13,16-17H,5,9-12,14-15H2,1-4H3,(H2,21,22,23);1H. The van der Waals surface area contributed by atoms with Crippen LogP contribution in [0.15, 0.2) is 29.3 Å². The minimum absolute atomic E-state index is 0. The van der Waals surface area contributed by atoms with Crippen molar-refractivity contribution in [1.29, 1.82) is 0 Å². The number of guanidine groups is 1. The first kappa shape index (κ1) is 22.2. The van der Waals surface area contributed by atoms with Gasteiger partial charge in [-0.2, -0.15) is 0 Å². The lowest BCUT2D eigenvalue weighted by Crippen LogP contribution is -2.41. The number of nitrogens with one attached hydrogen (secondary N) is 2. The maximum Gasteiger partial charge on any atom is 0.191 e. The molecule has 0 aromatic heterocycles. The summed E-state index contributed by atoms with van der Waals surface area (Å²) in [7, 11) is 1.82. The molecule has 1 atom stereocenters. The first-order valence-corrected chi connectivity index (χ1v) is 9.38. The molecule has 0 saturated carbocycles. The SMILES string of the molecule is CCC(C)NC(=NC)NCc1cccc(CN2CCC(C)CC2)c1.I. The fourth-order valence-electron chi connectivity index (χ4n) is 3.03. The second-order valence-corrected chi connectivity index (χ2v) is 7.16. The van der Waals surface area contributed by atoms with Crippen molar-refractivity contribution < 1.29 is 0 Å². The molecule has 2 N–H and O–H groups in total. The third-order valence-electron chi connectivity index (χ3n) is 4.95. The van der Waals surface area contributed by atoms with Gasteiger partial charge in [0, 0.05) is 26.2 Å². The zero-order valence-corrected chi connectivity index (χ0v) is 18.5. The number of aliphatic imine (C=N–C) groups is 1. The molecule has 1 fully saturated rings. The monoisotopic (exact) mass is 458 g/mol. The molecule has 1 aromatic carbocycles. The summed E-state index contributed by atoms with van der Waals surface area (Å²) < 4.78 is 0. The molecule has 0 spiro atoms. The molecule has 1 aliphatic rings. The maximum atomic E-state index is 4.30. The smallest absolute Gasteiger partial charge is 0.191 e. The van der Waals surface area contributed by atoms with Crippen molar-refractivity contribution in [3.63, 3.8) is 0 Å². The molecule has 4 nitrogen and oxygen atoms in total. The highest BCUT2D eigenvalue weighted by Crippen LogP contribution is 2.18. The molecule has 0 aliphatic carbocycles. The zero-order chi connectivity index (χ0) is 17.4. The van der Waals surface area contributed by atoms with E-state index in [1.807, 2.05) is 7.05 Å². The molecule has 0 bridgehead atoms. The molecular formula is C20H35IN4. The van der Waals surface area contributed by atoms with E-state index in [2.05, 4.69) is 65.6 Å². The van der Waals surface area contributed by atoms with Crippen LogP contribution < -0.4 is 10.6 Å². The van der Waals surface area contributed by atoms with Crippen molar-refractivity contribution in [2.45, 2.75) is 59.2 Å². The largest absolute Gasteiger partial charge is 0.354 e. The summed E-state index contributed by atoms with van der Waals surface area (Å²) in [5.74, 6) is 1.77. The van der Waals surface area contributed by atoms with E-state index >= 15 is 0 Å². The van der Waals surface area contributed by atoms with E-state index < -0.39 is 0 Å². The van der Waals surface area contributed by atoms with Gasteiger partial charge in [0.15, 0.2) is 5.96 Å². The van der Waals surface area contributed by atoms with Crippen molar-refractivity contribution in [1.82, 2.24) is 15.5 Å². The lowest BCUT2D eigenvalue weighted by molar-refractivity contribution is 0.185. The van der Waals surface area contributed by atoms with Gasteiger partial charge in [0.2, 0.25) is 0 Å². The van der Waals surface area contributed by atoms with Crippen LogP contribution in [0.25, 0.3) is 0 Å². The number of nitrogens with zero attached hydrogens (tertiary/aromatic N) is 2. The molecule has 5 heteroatoms. The van der Waals surface area contributed by atoms with Crippen molar-refractivity contribution in [2.75, 3.05) is 20.1 Å². The van der Waals surface area contributed by atoms with Crippen molar-refractivity contribution in [3.05, 3.63) is 35.4 Å². The Morgan fingerprint density at radius 1 is 1.28 bits per heavy atom. The van der Waals surface area contributed by atoms with Crippen molar-refractivity contribution in [3.8, 4) is 0 Å². The molecule has 1 unspecified atom stereocenters. The zero-order valence-electron chi connectivity index (χ0n) is 16.2. The molecule has 2 rings (SSSR count). The third kappa shape index (κ3) is 7.94. The van der Waals surface area contributed by atoms with Gasteiger partial charge in [-0.3, -0.25) is 9.89 Å². The Bertz CT molecular complexity index is 524. The Morgan fingerprint density at radius 2 is 1.96 bits per heavy atom. The number of halogens is 1. The average molecular weight is 458 g/mol. The molecule has 1 saturated heterocycles. The average Bonchev–Trinajstić information content (AvgIpc) is 2.60. The lowest BCUT2D eigenvalue weighted by Gasteiger charge is -2.30. The highest BCUT2D eigenvalue weighted by molar-refractivity contribution is 14.0. The van der Waals surface area contributed by atoms with Gasteiger partial charge < -0.3 is 10.6 Å². The molecule has 1 heterocycles. The molecular weight excluding hydrogens is 423 g/mol. The van der Waals surface area contributed by atoms with Gasteiger partial charge in [0.25, 0.3) is 0 Å². The van der Waals surface area contributed by atoms with Gasteiger partial charge in [-0.15, -0.1) is 24.0 Å². The molecule has 1 aliphatic heterocycles. The number of hydrogen-bond donors (Lipinski definition) is 2. The highest BCUT2D eigenvalue weighted by Gasteiger charge is 2.15. The molecule has 142 valence electrons. The van der Waals surface area contributed by atoms with E-state index in [-0.39, 0.29) is 24.0 Å². The Kier molecular flexibility index (Phi) is 10.4. The molecule has 0 amide bonds. The lowest BCUT2D eigenvalue weighted by atomic mass is 9.98. The van der Waals surface area contributed by atoms with E-state index in [9.17, 15) is 0 Å². The summed E-state index contributed by atoms with van der Waals surface area (Å²) in [5.41, 5.74) is 2.72. The Balaban J connectivity index is 0.00000312. The van der Waals surface area contributed by atoms with Gasteiger partial charge in [-0.25, -0.2) is 0 Å². The molecule has 1 aromatic rings. The summed E-state index contributed by atoms with van der Waals surface area (Å²) >= 11 is 0. The van der Waals surface area contributed by atoms with Crippen LogP contribution in [0.4, 0.5) is 0 Å². The van der Waals surface area contributed by atoms with Crippen LogP contribution in [0.5, 0.6) is 0 Å². The predicted octanol–water partition coefficient (Wildman–Crippen LogP) is 4.00. The second-order valence-electron chi connectivity index (χ2n) is 7.16. The first-order chi connectivity index (χ1) is 11.6. The minimum atomic E-state index is 0. The van der Waals surface area contributed by atoms with E-state index in [0.29, 0.717) is 6.04 Å². The summed E-state index contributed by atoms with van der Waals surface area (Å²) in [5, 5.41) is 6.81. The molecule has 25 heavy (non-hydrogen) atoms. The second kappa shape index (κ2) is 11.7. The van der Waals surface area contributed by atoms with Crippen LogP contribution in [0.3, 0.4) is 0 Å². The summed E-state index contributed by atoms with van der Waals surface area (Å²) in [4.78, 5) is 6.88. The van der Waals surface area contributed by atoms with Gasteiger partial charge in [0.05, 0.1) is 0 Å². The number of hydrogen-bond acceptors (Lipinski definition) is 2. The minimum Gasteiger partial charge on any atom is -0.354 e. The van der Waals surface area contributed by atoms with E-state index in [1.54, 1.807) is 0 Å². The Labute approximate surface area is 170 Å². The number of benzene rings is 1. The fraction of sp³-hybridized carbons (Fsp3) is 0.650. The van der Waals surface area contributed by atoms with E-state index in [0.717, 1.165) is 31.4 Å². The highest BCUT2D eigenvalue weighted by atomic mass is 127. The normalized spacial score (nSPS) is 17.7. The van der Waals surface area contributed by atoms with Crippen LogP contribution in [-0.4, -0.2) is 37.0 Å². The van der Waals surface area contributed by atoms with Crippen LogP contribution >= 0.6 is 24.0 Å². The Morgan fingerprint density at radius 3 is 2.60 bits per heavy atom. The van der Waals surface area contributed by atoms with Crippen molar-refractivity contribution >= 4 is 29.9 Å². The quantitative estimate of drug-likeness (QED) is 0.385. The van der Waals surface area contributed by atoms with E-state index in [4.69, 9.17) is 0 Å². The van der Waals surface area contributed by atoms with Gasteiger partial charge in [0.1, 0.15) is 0 Å². The maximum absolute atomic E-state index is 4.30. The van der Waals surface area contributed by atoms with Crippen molar-refractivity contribution in [2.24, 2.45) is 10.9 Å². The van der Waals surface area contributed by atoms with Crippen LogP contribution in [-0.2, 0) is 13.1 Å². The predicted molar refractivity (Wildman–Crippen MR) is 119 cm³/mol. The van der Waals surface area contributed by atoms with Gasteiger partial charge in [-0.05, 0) is 56.3 Å². The summed E-state index contributed by atoms with van der Waals surface area (Å²) in [6.45, 7) is 11.1. The van der Waals surface area contributed by atoms with Crippen LogP contribution in [0.1, 0.15) is 51.2 Å². The Hall–Kier alpha value is -0.820. The van der Waals surface area contributed by atoms with Gasteiger partial charge >= 0.3 is 0 Å². The summed E-state index contributed by atoms with van der Waals surface area (Å²) in [6.07, 6.45) is 3.75. The number of rotatable bonds is 6. The number of likely N-dealkylation sites (tertiary alicyclic amines) is 1. The first-order valence-electron chi connectivity index (χ1n) is 9.38. The third-order valence-corrected chi connectivity index (χ3v) is 4.95. The van der Waals surface area contributed by atoms with Crippen LogP contribution in [0.2, 0.25) is 0 Å².